The lowest BCUT2D eigenvalue weighted by Crippen LogP contribution is -2.45. The van der Waals surface area contributed by atoms with E-state index in [9.17, 15) is 4.79 Å². The molecule has 3 aromatic rings. The van der Waals surface area contributed by atoms with Gasteiger partial charge in [0.2, 0.25) is 10.7 Å². The number of benzene rings is 2. The molecule has 0 atom stereocenters. The average molecular weight is 486 g/mol. The third kappa shape index (κ3) is 6.22. The minimum Gasteiger partial charge on any atom is -0.496 e. The number of rotatable bonds is 8. The van der Waals surface area contributed by atoms with E-state index in [2.05, 4.69) is 32.4 Å². The van der Waals surface area contributed by atoms with Crippen molar-refractivity contribution in [2.75, 3.05) is 20.2 Å². The topological polar surface area (TPSA) is 75.2 Å². The average Bonchev–Trinajstić information content (AvgIpc) is 3.19. The summed E-state index contributed by atoms with van der Waals surface area (Å²) in [4.78, 5) is 19.1. The van der Waals surface area contributed by atoms with Gasteiger partial charge in [0.25, 0.3) is 0 Å². The van der Waals surface area contributed by atoms with E-state index in [1.54, 1.807) is 13.2 Å². The molecule has 7 nitrogen and oxygen atoms in total. The number of aromatic amines is 1. The smallest absolute Gasteiger partial charge is 0.220 e. The van der Waals surface area contributed by atoms with Gasteiger partial charge in [-0.3, -0.25) is 14.8 Å². The van der Waals surface area contributed by atoms with Crippen molar-refractivity contribution in [2.24, 2.45) is 0 Å². The second-order valence-electron chi connectivity index (χ2n) is 8.21. The number of likely N-dealkylation sites (tertiary alicyclic amines) is 1. The van der Waals surface area contributed by atoms with Crippen LogP contribution >= 0.6 is 23.8 Å². The summed E-state index contributed by atoms with van der Waals surface area (Å²) >= 11 is 11.6. The van der Waals surface area contributed by atoms with Gasteiger partial charge in [-0.2, -0.15) is 4.98 Å². The maximum absolute atomic E-state index is 12.3. The summed E-state index contributed by atoms with van der Waals surface area (Å²) in [6.07, 6.45) is 3.10. The van der Waals surface area contributed by atoms with Crippen LogP contribution in [0.3, 0.4) is 0 Å². The molecule has 2 heterocycles. The maximum atomic E-state index is 12.3. The number of hydrogen-bond acceptors (Lipinski definition) is 5. The number of piperidine rings is 1. The molecule has 0 bridgehead atoms. The molecule has 1 amide bonds. The number of aryl methyl sites for hydroxylation is 1. The zero-order chi connectivity index (χ0) is 23.2. The van der Waals surface area contributed by atoms with Crippen LogP contribution in [0.2, 0.25) is 5.02 Å². The Hall–Kier alpha value is -2.68. The van der Waals surface area contributed by atoms with Crippen LogP contribution in [0.4, 0.5) is 0 Å². The van der Waals surface area contributed by atoms with Crippen molar-refractivity contribution in [1.82, 2.24) is 25.0 Å². The lowest BCUT2D eigenvalue weighted by Gasteiger charge is -2.32. The Bertz CT molecular complexity index is 1140. The Balaban J connectivity index is 1.28. The van der Waals surface area contributed by atoms with E-state index in [0.717, 1.165) is 37.9 Å². The third-order valence-corrected chi connectivity index (χ3v) is 6.42. The number of amides is 1. The fraction of sp³-hybridized carbons (Fsp3) is 0.375. The predicted molar refractivity (Wildman–Crippen MR) is 132 cm³/mol. The Labute approximate surface area is 203 Å². The summed E-state index contributed by atoms with van der Waals surface area (Å²) in [6, 6.07) is 15.7. The predicted octanol–water partition coefficient (Wildman–Crippen LogP) is 4.44. The summed E-state index contributed by atoms with van der Waals surface area (Å²) in [5.74, 6) is 1.42. The molecule has 0 aliphatic carbocycles. The molecule has 1 aliphatic heterocycles. The quantitative estimate of drug-likeness (QED) is 0.461. The number of methoxy groups -OCH3 is 1. The highest BCUT2D eigenvalue weighted by Gasteiger charge is 2.21. The molecule has 0 spiro atoms. The van der Waals surface area contributed by atoms with E-state index in [1.807, 2.05) is 35.0 Å². The van der Waals surface area contributed by atoms with Gasteiger partial charge in [0.15, 0.2) is 5.82 Å². The largest absolute Gasteiger partial charge is 0.496 e. The van der Waals surface area contributed by atoms with Crippen molar-refractivity contribution < 1.29 is 9.53 Å². The second kappa shape index (κ2) is 11.0. The number of carbonyl (C=O) groups is 1. The van der Waals surface area contributed by atoms with Gasteiger partial charge in [-0.15, -0.1) is 0 Å². The normalized spacial score (nSPS) is 14.8. The maximum Gasteiger partial charge on any atom is 0.220 e. The highest BCUT2D eigenvalue weighted by molar-refractivity contribution is 7.71. The van der Waals surface area contributed by atoms with Crippen LogP contribution in [0, 0.1) is 4.77 Å². The monoisotopic (exact) mass is 485 g/mol. The molecule has 1 saturated heterocycles. The zero-order valence-corrected chi connectivity index (χ0v) is 20.2. The summed E-state index contributed by atoms with van der Waals surface area (Å²) in [5, 5.41) is 7.07. The van der Waals surface area contributed by atoms with Crippen LogP contribution in [0.15, 0.2) is 48.5 Å². The van der Waals surface area contributed by atoms with Crippen LogP contribution in [0.5, 0.6) is 5.75 Å². The number of aromatic nitrogens is 3. The fourth-order valence-electron chi connectivity index (χ4n) is 4.06. The Morgan fingerprint density at radius 1 is 1.24 bits per heavy atom. The van der Waals surface area contributed by atoms with Gasteiger partial charge < -0.3 is 10.1 Å². The van der Waals surface area contributed by atoms with Crippen molar-refractivity contribution >= 4 is 29.7 Å². The number of nitrogens with one attached hydrogen (secondary N) is 2. The molecular weight excluding hydrogens is 458 g/mol. The van der Waals surface area contributed by atoms with Gasteiger partial charge >= 0.3 is 0 Å². The minimum atomic E-state index is 0.119. The number of nitrogens with zero attached hydrogens (tertiary/aromatic N) is 3. The molecule has 33 heavy (non-hydrogen) atoms. The van der Waals surface area contributed by atoms with E-state index in [4.69, 9.17) is 28.6 Å². The van der Waals surface area contributed by atoms with Gasteiger partial charge in [-0.05, 0) is 55.2 Å². The minimum absolute atomic E-state index is 0.119. The molecule has 0 radical (unpaired) electrons. The SMILES string of the molecule is COc1ccc(Cl)cc1-c1nc(=S)n(CN2CCC(NC(=O)CCc3ccccc3)CC2)[nH]1. The summed E-state index contributed by atoms with van der Waals surface area (Å²) in [5.41, 5.74) is 1.96. The molecule has 174 valence electrons. The van der Waals surface area contributed by atoms with Crippen molar-refractivity contribution in [3.63, 3.8) is 0 Å². The Morgan fingerprint density at radius 3 is 2.73 bits per heavy atom. The number of halogens is 1. The van der Waals surface area contributed by atoms with Gasteiger partial charge in [0.1, 0.15) is 5.75 Å². The molecule has 1 aliphatic rings. The number of hydrogen-bond donors (Lipinski definition) is 2. The Kier molecular flexibility index (Phi) is 7.80. The molecule has 0 saturated carbocycles. The molecule has 2 N–H and O–H groups in total. The second-order valence-corrected chi connectivity index (χ2v) is 9.02. The van der Waals surface area contributed by atoms with Gasteiger partial charge in [-0.25, -0.2) is 4.68 Å². The van der Waals surface area contributed by atoms with Crippen LogP contribution in [-0.2, 0) is 17.9 Å². The van der Waals surface area contributed by atoms with Crippen LogP contribution in [0.1, 0.15) is 24.8 Å². The van der Waals surface area contributed by atoms with Crippen LogP contribution in [-0.4, -0.2) is 51.8 Å². The highest BCUT2D eigenvalue weighted by Crippen LogP contribution is 2.30. The molecule has 9 heteroatoms. The molecule has 4 rings (SSSR count). The molecule has 0 unspecified atom stereocenters. The number of carbonyl (C=O) groups excluding carboxylic acids is 1. The van der Waals surface area contributed by atoms with Gasteiger partial charge in [0.05, 0.1) is 19.3 Å². The summed E-state index contributed by atoms with van der Waals surface area (Å²) in [7, 11) is 1.61. The Morgan fingerprint density at radius 2 is 2.00 bits per heavy atom. The summed E-state index contributed by atoms with van der Waals surface area (Å²) in [6.45, 7) is 2.36. The van der Waals surface area contributed by atoms with Crippen LogP contribution < -0.4 is 10.1 Å². The van der Waals surface area contributed by atoms with Crippen LogP contribution in [0.25, 0.3) is 11.4 Å². The van der Waals surface area contributed by atoms with E-state index in [1.165, 1.54) is 5.56 Å². The van der Waals surface area contributed by atoms with E-state index < -0.39 is 0 Å². The first-order valence-electron chi connectivity index (χ1n) is 11.1. The summed E-state index contributed by atoms with van der Waals surface area (Å²) < 4.78 is 7.76. The van der Waals surface area contributed by atoms with Gasteiger partial charge in [-0.1, -0.05) is 41.9 Å². The molecular formula is C24H28ClN5O2S. The van der Waals surface area contributed by atoms with E-state index in [0.29, 0.717) is 34.5 Å². The van der Waals surface area contributed by atoms with Gasteiger partial charge in [0, 0.05) is 30.6 Å². The molecule has 1 aromatic heterocycles. The lowest BCUT2D eigenvalue weighted by atomic mass is 10.0. The van der Waals surface area contributed by atoms with Crippen molar-refractivity contribution in [2.45, 2.75) is 38.4 Å². The standard InChI is InChI=1S/C24H28ClN5O2S/c1-32-21-9-8-18(25)15-20(21)23-27-24(33)30(28-23)16-29-13-11-19(12-14-29)26-22(31)10-7-17-5-3-2-4-6-17/h2-6,8-9,15,19H,7,10-14,16H2,1H3,(H,26,31)(H,27,28,33). The zero-order valence-electron chi connectivity index (χ0n) is 18.6. The molecule has 1 fully saturated rings. The number of H-pyrrole nitrogens is 1. The van der Waals surface area contributed by atoms with E-state index in [-0.39, 0.29) is 11.9 Å². The van der Waals surface area contributed by atoms with Crippen molar-refractivity contribution in [3.05, 3.63) is 63.9 Å². The fourth-order valence-corrected chi connectivity index (χ4v) is 4.43. The first-order chi connectivity index (χ1) is 16.0. The first kappa shape index (κ1) is 23.5. The number of ether oxygens (including phenoxy) is 1. The highest BCUT2D eigenvalue weighted by atomic mass is 35.5. The van der Waals surface area contributed by atoms with Crippen molar-refractivity contribution in [3.8, 4) is 17.1 Å². The first-order valence-corrected chi connectivity index (χ1v) is 11.9. The lowest BCUT2D eigenvalue weighted by molar-refractivity contribution is -0.122. The third-order valence-electron chi connectivity index (χ3n) is 5.87. The molecule has 2 aromatic carbocycles. The van der Waals surface area contributed by atoms with Crippen molar-refractivity contribution in [1.29, 1.82) is 0 Å². The van der Waals surface area contributed by atoms with E-state index >= 15 is 0 Å².